The summed E-state index contributed by atoms with van der Waals surface area (Å²) in [6.07, 6.45) is 8.64. The first-order chi connectivity index (χ1) is 8.19. The first-order valence-electron chi connectivity index (χ1n) is 6.26. The highest BCUT2D eigenvalue weighted by Crippen LogP contribution is 2.30. The normalized spacial score (nSPS) is 23.8. The molecule has 0 spiro atoms. The average Bonchev–Trinajstić information content (AvgIpc) is 2.87. The number of nitrogens with one attached hydrogen (secondary N) is 1. The molecule has 0 saturated heterocycles. The van der Waals surface area contributed by atoms with Crippen molar-refractivity contribution >= 4 is 11.6 Å². The van der Waals surface area contributed by atoms with Gasteiger partial charge in [-0.2, -0.15) is 5.10 Å². The van der Waals surface area contributed by atoms with Gasteiger partial charge in [0, 0.05) is 12.2 Å². The zero-order valence-electron chi connectivity index (χ0n) is 10.2. The lowest BCUT2D eigenvalue weighted by atomic mass is 10.0. The van der Waals surface area contributed by atoms with Gasteiger partial charge in [0.25, 0.3) is 0 Å². The van der Waals surface area contributed by atoms with Gasteiger partial charge in [-0.05, 0) is 18.8 Å². The number of carbonyl (C=O) groups excluding carboxylic acids is 1. The van der Waals surface area contributed by atoms with E-state index in [1.54, 1.807) is 10.9 Å². The summed E-state index contributed by atoms with van der Waals surface area (Å²) in [6, 6.07) is 0.547. The minimum Gasteiger partial charge on any atom is -0.379 e. The van der Waals surface area contributed by atoms with E-state index in [-0.39, 0.29) is 12.5 Å². The Morgan fingerprint density at radius 3 is 3.18 bits per heavy atom. The number of anilines is 1. The van der Waals surface area contributed by atoms with Gasteiger partial charge in [0.15, 0.2) is 0 Å². The number of nitrogens with two attached hydrogens (primary N) is 1. The van der Waals surface area contributed by atoms with Crippen LogP contribution in [0.5, 0.6) is 0 Å². The molecule has 1 saturated carbocycles. The highest BCUT2D eigenvalue weighted by molar-refractivity contribution is 5.73. The van der Waals surface area contributed by atoms with Crippen molar-refractivity contribution < 1.29 is 4.79 Å². The topological polar surface area (TPSA) is 72.9 Å². The van der Waals surface area contributed by atoms with Crippen molar-refractivity contribution in [3.63, 3.8) is 0 Å². The van der Waals surface area contributed by atoms with E-state index in [0.29, 0.717) is 6.04 Å². The van der Waals surface area contributed by atoms with Crippen molar-refractivity contribution in [2.45, 2.75) is 45.2 Å². The molecule has 17 heavy (non-hydrogen) atoms. The van der Waals surface area contributed by atoms with Crippen LogP contribution in [0.2, 0.25) is 0 Å². The Labute approximate surface area is 101 Å². The molecule has 1 aromatic rings. The Balaban J connectivity index is 1.94. The van der Waals surface area contributed by atoms with Crippen molar-refractivity contribution in [2.75, 3.05) is 5.32 Å². The molecule has 1 aliphatic carbocycles. The third-order valence-electron chi connectivity index (χ3n) is 3.49. The minimum absolute atomic E-state index is 0.142. The number of primary amides is 1. The zero-order valence-corrected chi connectivity index (χ0v) is 10.2. The largest absolute Gasteiger partial charge is 0.379 e. The molecule has 5 nitrogen and oxygen atoms in total. The smallest absolute Gasteiger partial charge is 0.239 e. The lowest BCUT2D eigenvalue weighted by Crippen LogP contribution is -2.23. The van der Waals surface area contributed by atoms with Crippen molar-refractivity contribution in [2.24, 2.45) is 11.7 Å². The van der Waals surface area contributed by atoms with Crippen LogP contribution in [0.3, 0.4) is 0 Å². The van der Waals surface area contributed by atoms with E-state index in [2.05, 4.69) is 17.3 Å². The number of hydrogen-bond acceptors (Lipinski definition) is 3. The van der Waals surface area contributed by atoms with Crippen LogP contribution in [0.25, 0.3) is 0 Å². The van der Waals surface area contributed by atoms with E-state index in [0.717, 1.165) is 11.6 Å². The fourth-order valence-electron chi connectivity index (χ4n) is 2.61. The number of carbonyl (C=O) groups is 1. The molecule has 2 atom stereocenters. The summed E-state index contributed by atoms with van der Waals surface area (Å²) in [7, 11) is 0. The van der Waals surface area contributed by atoms with Gasteiger partial charge in [0.1, 0.15) is 6.54 Å². The molecule has 1 aromatic heterocycles. The molecule has 1 amide bonds. The molecule has 1 fully saturated rings. The molecule has 2 rings (SSSR count). The van der Waals surface area contributed by atoms with E-state index in [4.69, 9.17) is 5.73 Å². The van der Waals surface area contributed by atoms with E-state index < -0.39 is 0 Å². The number of hydrogen-bond donors (Lipinski definition) is 2. The van der Waals surface area contributed by atoms with E-state index in [1.807, 2.05) is 6.20 Å². The lowest BCUT2D eigenvalue weighted by molar-refractivity contribution is -0.118. The van der Waals surface area contributed by atoms with Crippen molar-refractivity contribution in [1.29, 1.82) is 0 Å². The Morgan fingerprint density at radius 1 is 1.65 bits per heavy atom. The highest BCUT2D eigenvalue weighted by atomic mass is 16.1. The maximum atomic E-state index is 10.8. The SMILES string of the molecule is CCC1CCCC1Nc1cnn(CC(N)=O)c1. The van der Waals surface area contributed by atoms with Crippen LogP contribution in [-0.4, -0.2) is 21.7 Å². The summed E-state index contributed by atoms with van der Waals surface area (Å²) in [5.74, 6) is 0.390. The summed E-state index contributed by atoms with van der Waals surface area (Å²) >= 11 is 0. The Kier molecular flexibility index (Phi) is 3.66. The molecule has 0 aliphatic heterocycles. The molecule has 0 aromatic carbocycles. The molecule has 1 aliphatic rings. The second-order valence-electron chi connectivity index (χ2n) is 4.74. The van der Waals surface area contributed by atoms with Crippen LogP contribution in [-0.2, 0) is 11.3 Å². The van der Waals surface area contributed by atoms with Crippen LogP contribution in [0.1, 0.15) is 32.6 Å². The molecule has 0 bridgehead atoms. The number of nitrogens with zero attached hydrogens (tertiary/aromatic N) is 2. The Bertz CT molecular complexity index is 388. The molecule has 2 unspecified atom stereocenters. The minimum atomic E-state index is -0.369. The van der Waals surface area contributed by atoms with Crippen molar-refractivity contribution in [1.82, 2.24) is 9.78 Å². The predicted octanol–water partition coefficient (Wildman–Crippen LogP) is 1.36. The first kappa shape index (κ1) is 12.0. The lowest BCUT2D eigenvalue weighted by Gasteiger charge is -2.19. The number of rotatable bonds is 5. The van der Waals surface area contributed by atoms with Gasteiger partial charge in [-0.25, -0.2) is 0 Å². The fourth-order valence-corrected chi connectivity index (χ4v) is 2.61. The Hall–Kier alpha value is -1.52. The van der Waals surface area contributed by atoms with Gasteiger partial charge in [-0.15, -0.1) is 0 Å². The molecule has 5 heteroatoms. The van der Waals surface area contributed by atoms with Crippen LogP contribution in [0, 0.1) is 5.92 Å². The molecule has 3 N–H and O–H groups in total. The van der Waals surface area contributed by atoms with Crippen LogP contribution in [0.15, 0.2) is 12.4 Å². The van der Waals surface area contributed by atoms with E-state index >= 15 is 0 Å². The molecular formula is C12H20N4O. The van der Waals surface area contributed by atoms with Crippen LogP contribution >= 0.6 is 0 Å². The van der Waals surface area contributed by atoms with Crippen molar-refractivity contribution in [3.8, 4) is 0 Å². The zero-order chi connectivity index (χ0) is 12.3. The van der Waals surface area contributed by atoms with Gasteiger partial charge in [-0.3, -0.25) is 9.48 Å². The molecule has 0 radical (unpaired) electrons. The summed E-state index contributed by atoms with van der Waals surface area (Å²) in [5.41, 5.74) is 6.10. The third-order valence-corrected chi connectivity index (χ3v) is 3.49. The quantitative estimate of drug-likeness (QED) is 0.810. The second kappa shape index (κ2) is 5.21. The van der Waals surface area contributed by atoms with E-state index in [9.17, 15) is 4.79 Å². The summed E-state index contributed by atoms with van der Waals surface area (Å²) in [6.45, 7) is 2.38. The summed E-state index contributed by atoms with van der Waals surface area (Å²) in [5, 5.41) is 7.60. The van der Waals surface area contributed by atoms with Crippen LogP contribution in [0.4, 0.5) is 5.69 Å². The first-order valence-corrected chi connectivity index (χ1v) is 6.26. The van der Waals surface area contributed by atoms with Gasteiger partial charge >= 0.3 is 0 Å². The molecule has 1 heterocycles. The van der Waals surface area contributed by atoms with Crippen molar-refractivity contribution in [3.05, 3.63) is 12.4 Å². The third kappa shape index (κ3) is 2.99. The average molecular weight is 236 g/mol. The summed E-state index contributed by atoms with van der Waals surface area (Å²) < 4.78 is 1.57. The summed E-state index contributed by atoms with van der Waals surface area (Å²) in [4.78, 5) is 10.8. The highest BCUT2D eigenvalue weighted by Gasteiger charge is 2.25. The van der Waals surface area contributed by atoms with Crippen LogP contribution < -0.4 is 11.1 Å². The number of amides is 1. The predicted molar refractivity (Wildman–Crippen MR) is 66.5 cm³/mol. The molecular weight excluding hydrogens is 216 g/mol. The Morgan fingerprint density at radius 2 is 2.47 bits per heavy atom. The fraction of sp³-hybridized carbons (Fsp3) is 0.667. The second-order valence-corrected chi connectivity index (χ2v) is 4.74. The van der Waals surface area contributed by atoms with Gasteiger partial charge in [0.2, 0.25) is 5.91 Å². The van der Waals surface area contributed by atoms with Gasteiger partial charge in [-0.1, -0.05) is 19.8 Å². The maximum absolute atomic E-state index is 10.8. The van der Waals surface area contributed by atoms with Gasteiger partial charge < -0.3 is 11.1 Å². The molecule has 94 valence electrons. The van der Waals surface area contributed by atoms with E-state index in [1.165, 1.54) is 25.7 Å². The monoisotopic (exact) mass is 236 g/mol. The standard InChI is InChI=1S/C12H20N4O/c1-2-9-4-3-5-11(9)15-10-6-14-16(7-10)8-12(13)17/h6-7,9,11,15H,2-5,8H2,1H3,(H2,13,17). The number of aromatic nitrogens is 2. The maximum Gasteiger partial charge on any atom is 0.239 e. The van der Waals surface area contributed by atoms with Gasteiger partial charge in [0.05, 0.1) is 11.9 Å².